The van der Waals surface area contributed by atoms with Gasteiger partial charge in [0, 0.05) is 32.5 Å². The molecule has 0 aromatic heterocycles. The van der Waals surface area contributed by atoms with Crippen molar-refractivity contribution in [2.24, 2.45) is 0 Å². The van der Waals surface area contributed by atoms with Crippen LogP contribution in [0.1, 0.15) is 39.5 Å². The maximum Gasteiger partial charge on any atom is 0.314 e. The van der Waals surface area contributed by atoms with Gasteiger partial charge >= 0.3 is 6.03 Å². The van der Waals surface area contributed by atoms with Crippen LogP contribution >= 0.6 is 0 Å². The summed E-state index contributed by atoms with van der Waals surface area (Å²) in [5, 5.41) is 5.92. The molecule has 1 atom stereocenters. The Kier molecular flexibility index (Phi) is 12.9. The van der Waals surface area contributed by atoms with Crippen molar-refractivity contribution in [2.75, 3.05) is 80.7 Å². The summed E-state index contributed by atoms with van der Waals surface area (Å²) in [6.07, 6.45) is 4.24. The molecule has 0 rings (SSSR count). The summed E-state index contributed by atoms with van der Waals surface area (Å²) in [7, 11) is 8.79. The molecular weight excluding hydrogens is 316 g/mol. The van der Waals surface area contributed by atoms with Gasteiger partial charge in [-0.05, 0) is 12.8 Å². The number of hydrogen-bond donors (Lipinski definition) is 2. The van der Waals surface area contributed by atoms with Crippen LogP contribution in [-0.4, -0.2) is 95.7 Å². The lowest BCUT2D eigenvalue weighted by Gasteiger charge is -2.34. The summed E-state index contributed by atoms with van der Waals surface area (Å²) in [6, 6.07) is -0.0441. The molecule has 2 amide bonds. The second-order valence-corrected chi connectivity index (χ2v) is 8.31. The van der Waals surface area contributed by atoms with Crippen molar-refractivity contribution in [1.82, 2.24) is 10.6 Å². The van der Waals surface area contributed by atoms with Crippen LogP contribution in [0, 0.1) is 0 Å². The second kappa shape index (κ2) is 13.4. The summed E-state index contributed by atoms with van der Waals surface area (Å²) >= 11 is 0. The van der Waals surface area contributed by atoms with Crippen LogP contribution in [-0.2, 0) is 4.74 Å². The molecule has 1 unspecified atom stereocenters. The minimum atomic E-state index is -0.0441. The first-order valence-electron chi connectivity index (χ1n) is 9.96. The van der Waals surface area contributed by atoms with Crippen molar-refractivity contribution < 1.29 is 18.5 Å². The van der Waals surface area contributed by atoms with E-state index in [-0.39, 0.29) is 6.03 Å². The molecule has 0 aromatic carbocycles. The molecule has 2 N–H and O–H groups in total. The molecule has 0 radical (unpaired) electrons. The van der Waals surface area contributed by atoms with Gasteiger partial charge in [0.2, 0.25) is 0 Å². The van der Waals surface area contributed by atoms with E-state index in [1.165, 1.54) is 6.42 Å². The number of likely N-dealkylation sites (N-methyl/N-ethyl adjacent to an activating group) is 1. The Morgan fingerprint density at radius 2 is 1.40 bits per heavy atom. The van der Waals surface area contributed by atoms with Crippen molar-refractivity contribution in [3.05, 3.63) is 0 Å². The molecular formula is C19H44N4O2+2. The van der Waals surface area contributed by atoms with E-state index in [1.807, 2.05) is 0 Å². The van der Waals surface area contributed by atoms with E-state index >= 15 is 0 Å². The molecule has 0 bridgehead atoms. The standard InChI is InChI=1S/C19H43N4O2/c1-7-13-23(6,16-18-25-17-8-2)15-10-12-21-19(24)20-11-9-14-22(3,4)5/h7-18H2,1-6H3,(H-,20,21,24)/q+1/p+1. The third-order valence-corrected chi connectivity index (χ3v) is 4.34. The summed E-state index contributed by atoms with van der Waals surface area (Å²) in [6.45, 7) is 11.8. The highest BCUT2D eigenvalue weighted by Crippen LogP contribution is 2.06. The van der Waals surface area contributed by atoms with Crippen molar-refractivity contribution >= 4 is 6.03 Å². The van der Waals surface area contributed by atoms with Gasteiger partial charge in [0.25, 0.3) is 0 Å². The van der Waals surface area contributed by atoms with Crippen LogP contribution in [0.3, 0.4) is 0 Å². The van der Waals surface area contributed by atoms with Crippen LogP contribution in [0.5, 0.6) is 0 Å². The van der Waals surface area contributed by atoms with E-state index in [4.69, 9.17) is 4.74 Å². The van der Waals surface area contributed by atoms with Crippen molar-refractivity contribution in [3.63, 3.8) is 0 Å². The molecule has 0 saturated carbocycles. The van der Waals surface area contributed by atoms with Crippen LogP contribution in [0.2, 0.25) is 0 Å². The monoisotopic (exact) mass is 360 g/mol. The zero-order valence-corrected chi connectivity index (χ0v) is 17.7. The molecule has 0 spiro atoms. The van der Waals surface area contributed by atoms with E-state index in [1.54, 1.807) is 0 Å². The number of urea groups is 1. The predicted molar refractivity (Wildman–Crippen MR) is 106 cm³/mol. The topological polar surface area (TPSA) is 50.4 Å². The molecule has 0 aliphatic heterocycles. The minimum Gasteiger partial charge on any atom is -0.376 e. The van der Waals surface area contributed by atoms with Crippen LogP contribution < -0.4 is 10.6 Å². The first kappa shape index (κ1) is 24.1. The fraction of sp³-hybridized carbons (Fsp3) is 0.947. The number of quaternary nitrogens is 2. The quantitative estimate of drug-likeness (QED) is 0.347. The van der Waals surface area contributed by atoms with Crippen molar-refractivity contribution in [3.8, 4) is 0 Å². The number of nitrogens with one attached hydrogen (secondary N) is 2. The zero-order valence-electron chi connectivity index (χ0n) is 17.7. The van der Waals surface area contributed by atoms with E-state index in [9.17, 15) is 4.79 Å². The maximum atomic E-state index is 11.8. The van der Waals surface area contributed by atoms with Gasteiger partial charge in [0.15, 0.2) is 0 Å². The number of rotatable bonds is 15. The lowest BCUT2D eigenvalue weighted by Crippen LogP contribution is -2.48. The van der Waals surface area contributed by atoms with E-state index in [0.717, 1.165) is 80.7 Å². The minimum absolute atomic E-state index is 0.0441. The number of nitrogens with zero attached hydrogens (tertiary/aromatic N) is 2. The Hall–Kier alpha value is -0.850. The van der Waals surface area contributed by atoms with Crippen LogP contribution in [0.15, 0.2) is 0 Å². The Balaban J connectivity index is 3.86. The van der Waals surface area contributed by atoms with Gasteiger partial charge < -0.3 is 24.3 Å². The largest absolute Gasteiger partial charge is 0.376 e. The van der Waals surface area contributed by atoms with Gasteiger partial charge in [0.1, 0.15) is 6.54 Å². The average molecular weight is 361 g/mol. The number of amides is 2. The van der Waals surface area contributed by atoms with Crippen molar-refractivity contribution in [2.45, 2.75) is 39.5 Å². The number of carbonyl (C=O) groups is 1. The fourth-order valence-corrected chi connectivity index (χ4v) is 2.89. The molecule has 0 aromatic rings. The van der Waals surface area contributed by atoms with Gasteiger partial charge in [-0.15, -0.1) is 0 Å². The first-order valence-corrected chi connectivity index (χ1v) is 9.96. The molecule has 0 heterocycles. The Bertz CT molecular complexity index is 345. The lowest BCUT2D eigenvalue weighted by atomic mass is 10.2. The number of hydrogen-bond acceptors (Lipinski definition) is 2. The molecule has 0 saturated heterocycles. The van der Waals surface area contributed by atoms with Crippen molar-refractivity contribution in [1.29, 1.82) is 0 Å². The average Bonchev–Trinajstić information content (AvgIpc) is 2.52. The first-order chi connectivity index (χ1) is 11.7. The van der Waals surface area contributed by atoms with Gasteiger partial charge in [-0.25, -0.2) is 4.79 Å². The predicted octanol–water partition coefficient (Wildman–Crippen LogP) is 2.06. The van der Waals surface area contributed by atoms with Gasteiger partial charge in [-0.1, -0.05) is 13.8 Å². The summed E-state index contributed by atoms with van der Waals surface area (Å²) < 4.78 is 7.60. The second-order valence-electron chi connectivity index (χ2n) is 8.31. The van der Waals surface area contributed by atoms with E-state index in [0.29, 0.717) is 0 Å². The highest BCUT2D eigenvalue weighted by atomic mass is 16.5. The summed E-state index contributed by atoms with van der Waals surface area (Å²) in [5.74, 6) is 0. The summed E-state index contributed by atoms with van der Waals surface area (Å²) in [4.78, 5) is 11.8. The Morgan fingerprint density at radius 3 is 1.92 bits per heavy atom. The fourth-order valence-electron chi connectivity index (χ4n) is 2.89. The SMILES string of the molecule is CCCOCC[N+](C)(CCC)CCCNC(=O)NCCC[N+](C)(C)C. The molecule has 25 heavy (non-hydrogen) atoms. The normalized spacial score (nSPS) is 14.2. The van der Waals surface area contributed by atoms with E-state index in [2.05, 4.69) is 52.7 Å². The third-order valence-electron chi connectivity index (χ3n) is 4.34. The molecule has 6 nitrogen and oxygen atoms in total. The van der Waals surface area contributed by atoms with Gasteiger partial charge in [0.05, 0.1) is 54.4 Å². The number of ether oxygens (including phenoxy) is 1. The van der Waals surface area contributed by atoms with Gasteiger partial charge in [-0.2, -0.15) is 0 Å². The summed E-state index contributed by atoms with van der Waals surface area (Å²) in [5.41, 5.74) is 0. The van der Waals surface area contributed by atoms with Crippen LogP contribution in [0.4, 0.5) is 4.79 Å². The van der Waals surface area contributed by atoms with Crippen LogP contribution in [0.25, 0.3) is 0 Å². The third kappa shape index (κ3) is 15.1. The lowest BCUT2D eigenvalue weighted by molar-refractivity contribution is -0.910. The molecule has 150 valence electrons. The van der Waals surface area contributed by atoms with E-state index < -0.39 is 0 Å². The Labute approximate surface area is 156 Å². The molecule has 6 heteroatoms. The number of carbonyl (C=O) groups excluding carboxylic acids is 1. The highest BCUT2D eigenvalue weighted by molar-refractivity contribution is 5.73. The highest BCUT2D eigenvalue weighted by Gasteiger charge is 2.19. The molecule has 0 fully saturated rings. The Morgan fingerprint density at radius 1 is 0.800 bits per heavy atom. The maximum absolute atomic E-state index is 11.8. The zero-order chi connectivity index (χ0) is 19.2. The molecule has 0 aliphatic carbocycles. The van der Waals surface area contributed by atoms with Gasteiger partial charge in [-0.3, -0.25) is 0 Å². The smallest absolute Gasteiger partial charge is 0.314 e. The molecule has 0 aliphatic rings.